The Bertz CT molecular complexity index is 1260. The Morgan fingerprint density at radius 3 is 2.42 bits per heavy atom. The summed E-state index contributed by atoms with van der Waals surface area (Å²) in [4.78, 5) is 38.7. The van der Waals surface area contributed by atoms with Crippen molar-refractivity contribution in [2.45, 2.75) is 13.2 Å². The molecule has 11 heteroatoms. The third-order valence-corrected chi connectivity index (χ3v) is 5.04. The molecule has 2 heterocycles. The van der Waals surface area contributed by atoms with Crippen molar-refractivity contribution >= 4 is 39.4 Å². The lowest BCUT2D eigenvalue weighted by Crippen LogP contribution is -2.25. The summed E-state index contributed by atoms with van der Waals surface area (Å²) in [6, 6.07) is 13.3. The van der Waals surface area contributed by atoms with E-state index in [1.807, 2.05) is 0 Å². The number of esters is 1. The molecule has 166 valence electrons. The van der Waals surface area contributed by atoms with Gasteiger partial charge in [0.05, 0.1) is 16.1 Å². The maximum Gasteiger partial charge on any atom is 0.343 e. The van der Waals surface area contributed by atoms with E-state index in [-0.39, 0.29) is 28.8 Å². The number of halogens is 1. The van der Waals surface area contributed by atoms with Gasteiger partial charge in [-0.15, -0.1) is 5.10 Å². The van der Waals surface area contributed by atoms with Crippen LogP contribution < -0.4 is 4.74 Å². The molecule has 0 bridgehead atoms. The molecule has 0 saturated heterocycles. The zero-order valence-corrected chi connectivity index (χ0v) is 18.6. The van der Waals surface area contributed by atoms with Crippen molar-refractivity contribution in [1.29, 1.82) is 0 Å². The molecule has 2 aromatic carbocycles. The molecular formula is C22H15BrN4O6. The van der Waals surface area contributed by atoms with Crippen molar-refractivity contribution in [1.82, 2.24) is 9.99 Å². The predicted molar refractivity (Wildman–Crippen MR) is 119 cm³/mol. The van der Waals surface area contributed by atoms with Crippen LogP contribution in [-0.4, -0.2) is 32.7 Å². The SMILES string of the molecule is CC(=O)N1N=C(c2cncc(Br)c2)O[C@@H]1c1ccc(OC(=O)c2ccc([N+](=O)[O-])cc2)cc1. The molecule has 4 rings (SSSR count). The van der Waals surface area contributed by atoms with Crippen molar-refractivity contribution in [2.24, 2.45) is 5.10 Å². The van der Waals surface area contributed by atoms with E-state index in [0.717, 1.165) is 4.47 Å². The van der Waals surface area contributed by atoms with E-state index in [2.05, 4.69) is 26.0 Å². The number of hydrogen-bond acceptors (Lipinski definition) is 8. The molecule has 0 N–H and O–H groups in total. The molecule has 1 atom stereocenters. The highest BCUT2D eigenvalue weighted by molar-refractivity contribution is 9.10. The fourth-order valence-electron chi connectivity index (χ4n) is 3.01. The summed E-state index contributed by atoms with van der Waals surface area (Å²) in [6.45, 7) is 1.38. The highest BCUT2D eigenvalue weighted by atomic mass is 79.9. The number of nitrogens with zero attached hydrogens (tertiary/aromatic N) is 4. The zero-order chi connectivity index (χ0) is 23.5. The molecule has 0 fully saturated rings. The fourth-order valence-corrected chi connectivity index (χ4v) is 3.38. The van der Waals surface area contributed by atoms with Crippen LogP contribution in [0.4, 0.5) is 5.69 Å². The zero-order valence-electron chi connectivity index (χ0n) is 17.0. The monoisotopic (exact) mass is 510 g/mol. The summed E-state index contributed by atoms with van der Waals surface area (Å²) < 4.78 is 12.0. The second-order valence-electron chi connectivity index (χ2n) is 6.89. The minimum atomic E-state index is -0.795. The molecule has 0 aliphatic carbocycles. The standard InChI is InChI=1S/C22H15BrN4O6/c1-13(28)26-21(33-20(25-26)16-10-17(23)12-24-11-16)14-4-8-19(9-5-14)32-22(29)15-2-6-18(7-3-15)27(30)31/h2-12,21H,1H3/t21-/m1/s1. The number of non-ortho nitro benzene ring substituents is 1. The van der Waals surface area contributed by atoms with Gasteiger partial charge < -0.3 is 9.47 Å². The maximum atomic E-state index is 12.3. The largest absolute Gasteiger partial charge is 0.446 e. The van der Waals surface area contributed by atoms with Gasteiger partial charge >= 0.3 is 5.97 Å². The van der Waals surface area contributed by atoms with Gasteiger partial charge in [0.15, 0.2) is 0 Å². The van der Waals surface area contributed by atoms with E-state index in [4.69, 9.17) is 9.47 Å². The van der Waals surface area contributed by atoms with Gasteiger partial charge in [0.1, 0.15) is 5.75 Å². The van der Waals surface area contributed by atoms with E-state index in [1.165, 1.54) is 36.2 Å². The lowest BCUT2D eigenvalue weighted by atomic mass is 10.1. The minimum absolute atomic E-state index is 0.122. The Morgan fingerprint density at radius 2 is 1.82 bits per heavy atom. The molecular weight excluding hydrogens is 496 g/mol. The molecule has 1 aromatic heterocycles. The number of ether oxygens (including phenoxy) is 2. The average Bonchev–Trinajstić information content (AvgIpc) is 3.26. The number of amides is 1. The summed E-state index contributed by atoms with van der Waals surface area (Å²) in [5.41, 5.74) is 1.27. The molecule has 0 radical (unpaired) electrons. The number of nitro benzene ring substituents is 1. The van der Waals surface area contributed by atoms with Crippen molar-refractivity contribution in [2.75, 3.05) is 0 Å². The smallest absolute Gasteiger partial charge is 0.343 e. The number of aromatic nitrogens is 1. The highest BCUT2D eigenvalue weighted by Crippen LogP contribution is 2.31. The van der Waals surface area contributed by atoms with Gasteiger partial charge in [-0.05, 0) is 58.4 Å². The van der Waals surface area contributed by atoms with Crippen LogP contribution in [0.5, 0.6) is 5.75 Å². The molecule has 33 heavy (non-hydrogen) atoms. The Labute approximate surface area is 195 Å². The molecule has 0 saturated carbocycles. The summed E-state index contributed by atoms with van der Waals surface area (Å²) in [5, 5.41) is 16.2. The first kappa shape index (κ1) is 22.1. The van der Waals surface area contributed by atoms with E-state index in [0.29, 0.717) is 11.1 Å². The van der Waals surface area contributed by atoms with E-state index in [9.17, 15) is 19.7 Å². The highest BCUT2D eigenvalue weighted by Gasteiger charge is 2.33. The second-order valence-corrected chi connectivity index (χ2v) is 7.81. The van der Waals surface area contributed by atoms with Gasteiger partial charge in [0.2, 0.25) is 18.0 Å². The molecule has 0 unspecified atom stereocenters. The molecule has 0 spiro atoms. The van der Waals surface area contributed by atoms with Gasteiger partial charge in [-0.2, -0.15) is 5.01 Å². The van der Waals surface area contributed by atoms with Crippen LogP contribution in [0.2, 0.25) is 0 Å². The molecule has 1 aliphatic heterocycles. The summed E-state index contributed by atoms with van der Waals surface area (Å²) in [6.07, 6.45) is 2.40. The minimum Gasteiger partial charge on any atom is -0.446 e. The van der Waals surface area contributed by atoms with Crippen LogP contribution in [0.1, 0.15) is 34.6 Å². The quantitative estimate of drug-likeness (QED) is 0.218. The van der Waals surface area contributed by atoms with Crippen LogP contribution in [0.15, 0.2) is 76.6 Å². The van der Waals surface area contributed by atoms with Crippen molar-refractivity contribution < 1.29 is 24.0 Å². The van der Waals surface area contributed by atoms with Crippen LogP contribution in [0.25, 0.3) is 0 Å². The predicted octanol–water partition coefficient (Wildman–Crippen LogP) is 4.21. The first-order valence-electron chi connectivity index (χ1n) is 9.54. The van der Waals surface area contributed by atoms with E-state index < -0.39 is 17.1 Å². The first-order valence-corrected chi connectivity index (χ1v) is 10.3. The van der Waals surface area contributed by atoms with Crippen LogP contribution in [-0.2, 0) is 9.53 Å². The third-order valence-electron chi connectivity index (χ3n) is 4.61. The first-order chi connectivity index (χ1) is 15.8. The van der Waals surface area contributed by atoms with Crippen LogP contribution in [0.3, 0.4) is 0 Å². The Morgan fingerprint density at radius 1 is 1.12 bits per heavy atom. The van der Waals surface area contributed by atoms with Crippen molar-refractivity contribution in [3.8, 4) is 5.75 Å². The van der Waals surface area contributed by atoms with E-state index in [1.54, 1.807) is 42.7 Å². The van der Waals surface area contributed by atoms with Gasteiger partial charge in [-0.1, -0.05) is 0 Å². The Hall–Kier alpha value is -4.12. The normalized spacial score (nSPS) is 14.9. The topological polar surface area (TPSA) is 124 Å². The Kier molecular flexibility index (Phi) is 6.13. The number of rotatable bonds is 5. The summed E-state index contributed by atoms with van der Waals surface area (Å²) >= 11 is 3.34. The third kappa shape index (κ3) is 4.88. The Balaban J connectivity index is 1.48. The molecule has 3 aromatic rings. The number of carbonyl (C=O) groups excluding carboxylic acids is 2. The van der Waals surface area contributed by atoms with E-state index >= 15 is 0 Å². The molecule has 1 amide bonds. The number of pyridine rings is 1. The van der Waals surface area contributed by atoms with Crippen molar-refractivity contribution in [3.05, 3.63) is 98.3 Å². The van der Waals surface area contributed by atoms with Crippen LogP contribution >= 0.6 is 15.9 Å². The number of carbonyl (C=O) groups is 2. The second kappa shape index (κ2) is 9.17. The lowest BCUT2D eigenvalue weighted by molar-refractivity contribution is -0.384. The van der Waals surface area contributed by atoms with Gasteiger partial charge in [0, 0.05) is 41.5 Å². The van der Waals surface area contributed by atoms with Crippen molar-refractivity contribution in [3.63, 3.8) is 0 Å². The number of hydrogen-bond donors (Lipinski definition) is 0. The maximum absolute atomic E-state index is 12.3. The fraction of sp³-hybridized carbons (Fsp3) is 0.0909. The van der Waals surface area contributed by atoms with Gasteiger partial charge in [-0.3, -0.25) is 19.9 Å². The number of benzene rings is 2. The van der Waals surface area contributed by atoms with Crippen LogP contribution in [0, 0.1) is 10.1 Å². The molecule has 1 aliphatic rings. The number of hydrazone groups is 1. The lowest BCUT2D eigenvalue weighted by Gasteiger charge is -2.19. The van der Waals surface area contributed by atoms with Gasteiger partial charge in [-0.25, -0.2) is 4.79 Å². The average molecular weight is 511 g/mol. The summed E-state index contributed by atoms with van der Waals surface area (Å²) in [7, 11) is 0. The van der Waals surface area contributed by atoms with Gasteiger partial charge in [0.25, 0.3) is 5.69 Å². The summed E-state index contributed by atoms with van der Waals surface area (Å²) in [5.74, 6) is -0.469. The number of nitro groups is 1. The molecule has 10 nitrogen and oxygen atoms in total.